The number of carbonyl (C=O) groups is 1. The topological polar surface area (TPSA) is 117 Å². The van der Waals surface area contributed by atoms with Gasteiger partial charge in [-0.25, -0.2) is 19.7 Å². The van der Waals surface area contributed by atoms with Crippen LogP contribution in [0.1, 0.15) is 22.1 Å². The average Bonchev–Trinajstić information content (AvgIpc) is 3.29. The summed E-state index contributed by atoms with van der Waals surface area (Å²) in [6.45, 7) is 4.21. The standard InChI is InChI=1S/C26H27N7O4/c1-32-15-28-22-19(11-27-12-20(22)32)23-21(16-13-37-14-16)31-25(24(30-23)26(34)35-2)29-17-3-5-18(6-4-17)33-7-9-36-10-8-33/h3-6,11-12,15-16H,7-10,13-14H2,1-2H3,(H,29,31). The summed E-state index contributed by atoms with van der Waals surface area (Å²) < 4.78 is 17.9. The molecule has 11 nitrogen and oxygen atoms in total. The second kappa shape index (κ2) is 9.75. The number of hydrogen-bond acceptors (Lipinski definition) is 10. The summed E-state index contributed by atoms with van der Waals surface area (Å²) >= 11 is 0. The molecule has 4 aromatic rings. The molecular formula is C26H27N7O4. The number of anilines is 3. The third-order valence-corrected chi connectivity index (χ3v) is 6.73. The lowest BCUT2D eigenvalue weighted by Gasteiger charge is -2.29. The van der Waals surface area contributed by atoms with Crippen LogP contribution in [0.2, 0.25) is 0 Å². The van der Waals surface area contributed by atoms with E-state index in [4.69, 9.17) is 24.2 Å². The molecular weight excluding hydrogens is 474 g/mol. The maximum atomic E-state index is 12.9. The lowest BCUT2D eigenvalue weighted by molar-refractivity contribution is 0.00686. The molecule has 190 valence electrons. The van der Waals surface area contributed by atoms with Crippen molar-refractivity contribution in [3.05, 3.63) is 54.4 Å². The highest BCUT2D eigenvalue weighted by atomic mass is 16.5. The van der Waals surface area contributed by atoms with Gasteiger partial charge in [0, 0.05) is 43.3 Å². The van der Waals surface area contributed by atoms with E-state index in [9.17, 15) is 4.79 Å². The molecule has 0 unspecified atom stereocenters. The van der Waals surface area contributed by atoms with Crippen molar-refractivity contribution in [1.29, 1.82) is 0 Å². The van der Waals surface area contributed by atoms with E-state index in [2.05, 4.69) is 20.2 Å². The second-order valence-electron chi connectivity index (χ2n) is 9.06. The number of rotatable bonds is 6. The van der Waals surface area contributed by atoms with Crippen LogP contribution in [0.3, 0.4) is 0 Å². The van der Waals surface area contributed by atoms with Crippen LogP contribution in [0.5, 0.6) is 0 Å². The number of ether oxygens (including phenoxy) is 3. The van der Waals surface area contributed by atoms with Crippen molar-refractivity contribution in [3.8, 4) is 11.3 Å². The number of nitrogens with one attached hydrogen (secondary N) is 1. The highest BCUT2D eigenvalue weighted by Gasteiger charge is 2.31. The lowest BCUT2D eigenvalue weighted by Crippen LogP contribution is -2.36. The van der Waals surface area contributed by atoms with Gasteiger partial charge in [-0.2, -0.15) is 0 Å². The van der Waals surface area contributed by atoms with Crippen molar-refractivity contribution in [1.82, 2.24) is 24.5 Å². The van der Waals surface area contributed by atoms with E-state index in [0.717, 1.165) is 54.4 Å². The number of fused-ring (bicyclic) bond motifs is 1. The molecule has 0 aliphatic carbocycles. The number of pyridine rings is 1. The number of aromatic nitrogens is 5. The summed E-state index contributed by atoms with van der Waals surface area (Å²) in [5, 5.41) is 3.29. The average molecular weight is 502 g/mol. The molecule has 0 spiro atoms. The van der Waals surface area contributed by atoms with Crippen molar-refractivity contribution < 1.29 is 19.0 Å². The van der Waals surface area contributed by atoms with Gasteiger partial charge >= 0.3 is 5.97 Å². The molecule has 2 fully saturated rings. The number of nitrogens with zero attached hydrogens (tertiary/aromatic N) is 6. The van der Waals surface area contributed by atoms with Crippen molar-refractivity contribution in [2.75, 3.05) is 56.8 Å². The van der Waals surface area contributed by atoms with Crippen LogP contribution in [0.15, 0.2) is 43.0 Å². The molecule has 1 N–H and O–H groups in total. The number of esters is 1. The quantitative estimate of drug-likeness (QED) is 0.395. The number of imidazole rings is 1. The molecule has 3 aromatic heterocycles. The van der Waals surface area contributed by atoms with Crippen LogP contribution in [0.4, 0.5) is 17.2 Å². The Morgan fingerprint density at radius 3 is 2.57 bits per heavy atom. The van der Waals surface area contributed by atoms with E-state index in [1.807, 2.05) is 35.9 Å². The summed E-state index contributed by atoms with van der Waals surface area (Å²) in [5.74, 6) is -0.214. The van der Waals surface area contributed by atoms with Gasteiger partial charge in [0.05, 0.1) is 68.9 Å². The Morgan fingerprint density at radius 1 is 1.08 bits per heavy atom. The van der Waals surface area contributed by atoms with Crippen LogP contribution in [0.25, 0.3) is 22.3 Å². The minimum Gasteiger partial charge on any atom is -0.464 e. The van der Waals surface area contributed by atoms with Gasteiger partial charge in [-0.05, 0) is 24.3 Å². The molecule has 0 saturated carbocycles. The fraction of sp³-hybridized carbons (Fsp3) is 0.346. The first-order valence-electron chi connectivity index (χ1n) is 12.2. The number of benzene rings is 1. The van der Waals surface area contributed by atoms with Gasteiger partial charge < -0.3 is 29.0 Å². The Bertz CT molecular complexity index is 1440. The normalized spacial score (nSPS) is 16.0. The van der Waals surface area contributed by atoms with E-state index in [1.165, 1.54) is 7.11 Å². The maximum Gasteiger partial charge on any atom is 0.360 e. The van der Waals surface area contributed by atoms with Crippen LogP contribution in [-0.4, -0.2) is 77.1 Å². The van der Waals surface area contributed by atoms with Crippen molar-refractivity contribution in [2.45, 2.75) is 5.92 Å². The molecule has 2 saturated heterocycles. The summed E-state index contributed by atoms with van der Waals surface area (Å²) in [5.41, 5.74) is 5.58. The van der Waals surface area contributed by atoms with Crippen LogP contribution >= 0.6 is 0 Å². The Hall–Kier alpha value is -4.09. The van der Waals surface area contributed by atoms with Gasteiger partial charge in [0.2, 0.25) is 0 Å². The van der Waals surface area contributed by atoms with E-state index in [0.29, 0.717) is 30.3 Å². The zero-order valence-electron chi connectivity index (χ0n) is 20.7. The van der Waals surface area contributed by atoms with E-state index < -0.39 is 5.97 Å². The molecule has 11 heteroatoms. The fourth-order valence-electron chi connectivity index (χ4n) is 4.58. The first-order valence-corrected chi connectivity index (χ1v) is 12.2. The fourth-order valence-corrected chi connectivity index (χ4v) is 4.58. The summed E-state index contributed by atoms with van der Waals surface area (Å²) in [6, 6.07) is 8.01. The minimum absolute atomic E-state index is 0.0393. The zero-order valence-corrected chi connectivity index (χ0v) is 20.7. The summed E-state index contributed by atoms with van der Waals surface area (Å²) in [4.78, 5) is 33.8. The van der Waals surface area contributed by atoms with Gasteiger partial charge in [0.25, 0.3) is 0 Å². The molecule has 2 aliphatic heterocycles. The molecule has 0 bridgehead atoms. The van der Waals surface area contributed by atoms with Gasteiger partial charge in [-0.15, -0.1) is 0 Å². The predicted octanol–water partition coefficient (Wildman–Crippen LogP) is 2.91. The summed E-state index contributed by atoms with van der Waals surface area (Å²) in [7, 11) is 3.24. The number of methoxy groups -OCH3 is 1. The third kappa shape index (κ3) is 4.36. The molecule has 2 aliphatic rings. The summed E-state index contributed by atoms with van der Waals surface area (Å²) in [6.07, 6.45) is 5.19. The largest absolute Gasteiger partial charge is 0.464 e. The smallest absolute Gasteiger partial charge is 0.360 e. The van der Waals surface area contributed by atoms with Crippen LogP contribution < -0.4 is 10.2 Å². The van der Waals surface area contributed by atoms with Crippen LogP contribution in [0, 0.1) is 0 Å². The Morgan fingerprint density at radius 2 is 1.86 bits per heavy atom. The monoisotopic (exact) mass is 501 g/mol. The number of carbonyl (C=O) groups excluding carboxylic acids is 1. The SMILES string of the molecule is COC(=O)c1nc(-c2cncc3c2ncn3C)c(C2COC2)nc1Nc1ccc(N2CCOCC2)cc1. The maximum absolute atomic E-state index is 12.9. The van der Waals surface area contributed by atoms with Gasteiger partial charge in [0.1, 0.15) is 5.52 Å². The first-order chi connectivity index (χ1) is 18.1. The van der Waals surface area contributed by atoms with E-state index in [1.54, 1.807) is 18.7 Å². The van der Waals surface area contributed by atoms with Crippen molar-refractivity contribution in [2.24, 2.45) is 7.05 Å². The van der Waals surface area contributed by atoms with Gasteiger partial charge in [-0.3, -0.25) is 4.98 Å². The number of hydrogen-bond donors (Lipinski definition) is 1. The molecule has 37 heavy (non-hydrogen) atoms. The highest BCUT2D eigenvalue weighted by Crippen LogP contribution is 2.36. The minimum atomic E-state index is -0.584. The molecule has 1 aromatic carbocycles. The predicted molar refractivity (Wildman–Crippen MR) is 137 cm³/mol. The number of morpholine rings is 1. The van der Waals surface area contributed by atoms with Crippen molar-refractivity contribution >= 4 is 34.2 Å². The molecule has 0 atom stereocenters. The van der Waals surface area contributed by atoms with E-state index >= 15 is 0 Å². The van der Waals surface area contributed by atoms with Gasteiger partial charge in [0.15, 0.2) is 11.5 Å². The Kier molecular flexibility index (Phi) is 6.15. The third-order valence-electron chi connectivity index (χ3n) is 6.73. The molecule has 0 radical (unpaired) electrons. The Balaban J connectivity index is 1.41. The lowest BCUT2D eigenvalue weighted by atomic mass is 9.97. The molecule has 6 rings (SSSR count). The first kappa shape index (κ1) is 23.3. The zero-order chi connectivity index (χ0) is 25.4. The number of aryl methyl sites for hydroxylation is 1. The second-order valence-corrected chi connectivity index (χ2v) is 9.06. The van der Waals surface area contributed by atoms with Crippen molar-refractivity contribution in [3.63, 3.8) is 0 Å². The Labute approximate surface area is 213 Å². The van der Waals surface area contributed by atoms with Gasteiger partial charge in [-0.1, -0.05) is 0 Å². The van der Waals surface area contributed by atoms with E-state index in [-0.39, 0.29) is 11.6 Å². The molecule has 0 amide bonds. The van der Waals surface area contributed by atoms with Crippen LogP contribution in [-0.2, 0) is 21.3 Å². The highest BCUT2D eigenvalue weighted by molar-refractivity contribution is 5.96. The molecule has 5 heterocycles.